The molecule has 1 aliphatic carbocycles. The number of benzene rings is 12. The Labute approximate surface area is 527 Å². The summed E-state index contributed by atoms with van der Waals surface area (Å²) in [6.45, 7) is 11.4. The van der Waals surface area contributed by atoms with E-state index in [0.717, 1.165) is 29.6 Å². The van der Waals surface area contributed by atoms with E-state index in [1.807, 2.05) is 0 Å². The SMILES string of the molecule is CCC(C)CC(C)CC.CS.Cc1ccc2c(c1)c1ccccc1n2-c1cccc(-c2ccc3c(c2)c2ccccc2n3-c2ccc3c(c2)-c2cc(-n4c5ccccc5c5cc(-c6cccc(-n7c8ccccc8c8ccccc87)c6)ccc54)ccc2C3)c1. The van der Waals surface area contributed by atoms with E-state index in [1.54, 1.807) is 6.26 Å². The van der Waals surface area contributed by atoms with Crippen LogP contribution in [0.3, 0.4) is 0 Å². The van der Waals surface area contributed by atoms with Crippen LogP contribution in [-0.2, 0) is 6.42 Å². The van der Waals surface area contributed by atoms with Crippen LogP contribution in [0.5, 0.6) is 0 Å². The van der Waals surface area contributed by atoms with Gasteiger partial charge in [0.25, 0.3) is 0 Å². The van der Waals surface area contributed by atoms with Crippen LogP contribution in [0, 0.1) is 18.8 Å². The van der Waals surface area contributed by atoms with E-state index in [2.05, 4.69) is 326 Å². The minimum Gasteiger partial charge on any atom is -0.309 e. The zero-order valence-electron chi connectivity index (χ0n) is 51.5. The summed E-state index contributed by atoms with van der Waals surface area (Å²) in [5.74, 6) is 1.86. The summed E-state index contributed by atoms with van der Waals surface area (Å²) in [6, 6.07) is 97.2. The van der Waals surface area contributed by atoms with Crippen LogP contribution in [0.1, 0.15) is 63.6 Å². The van der Waals surface area contributed by atoms with Crippen LogP contribution in [0.25, 0.3) is 143 Å². The van der Waals surface area contributed by atoms with Crippen molar-refractivity contribution in [3.8, 4) is 56.1 Å². The molecule has 2 unspecified atom stereocenters. The molecule has 434 valence electrons. The third-order valence-corrected chi connectivity index (χ3v) is 19.2. The molecular weight excluding hydrogens is 1100 g/mol. The van der Waals surface area contributed by atoms with E-state index >= 15 is 0 Å². The van der Waals surface area contributed by atoms with Crippen molar-refractivity contribution in [2.24, 2.45) is 11.8 Å². The molecule has 0 saturated heterocycles. The second kappa shape index (κ2) is 23.0. The number of rotatable bonds is 10. The molecule has 17 rings (SSSR count). The average Bonchev–Trinajstić information content (AvgIpc) is 1.69. The highest BCUT2D eigenvalue weighted by Gasteiger charge is 2.24. The molecule has 0 amide bonds. The largest absolute Gasteiger partial charge is 0.309 e. The maximum atomic E-state index is 3.53. The van der Waals surface area contributed by atoms with E-state index in [4.69, 9.17) is 0 Å². The lowest BCUT2D eigenvalue weighted by molar-refractivity contribution is 0.397. The maximum Gasteiger partial charge on any atom is 0.0541 e. The van der Waals surface area contributed by atoms with Gasteiger partial charge in [0, 0.05) is 65.8 Å². The van der Waals surface area contributed by atoms with Crippen LogP contribution >= 0.6 is 12.6 Å². The topological polar surface area (TPSA) is 19.7 Å². The van der Waals surface area contributed by atoms with Gasteiger partial charge in [0.05, 0.1) is 44.1 Å². The van der Waals surface area contributed by atoms with E-state index in [9.17, 15) is 0 Å². The Bertz CT molecular complexity index is 5330. The van der Waals surface area contributed by atoms with Crippen molar-refractivity contribution < 1.29 is 0 Å². The summed E-state index contributed by atoms with van der Waals surface area (Å²) in [7, 11) is 0. The molecule has 0 N–H and O–H groups in total. The highest BCUT2D eigenvalue weighted by molar-refractivity contribution is 7.79. The van der Waals surface area contributed by atoms with Gasteiger partial charge in [-0.3, -0.25) is 0 Å². The Hall–Kier alpha value is -9.81. The molecule has 0 fully saturated rings. The van der Waals surface area contributed by atoms with Crippen LogP contribution in [0.4, 0.5) is 0 Å². The summed E-state index contributed by atoms with van der Waals surface area (Å²) < 4.78 is 9.76. The third-order valence-electron chi connectivity index (χ3n) is 19.2. The molecule has 89 heavy (non-hydrogen) atoms. The van der Waals surface area contributed by atoms with Gasteiger partial charge in [-0.2, -0.15) is 12.6 Å². The summed E-state index contributed by atoms with van der Waals surface area (Å²) >= 11 is 3.53. The number of hydrogen-bond acceptors (Lipinski definition) is 1. The lowest BCUT2D eigenvalue weighted by Gasteiger charge is -2.13. The van der Waals surface area contributed by atoms with Crippen molar-refractivity contribution in [3.05, 3.63) is 278 Å². The van der Waals surface area contributed by atoms with Gasteiger partial charge in [-0.05, 0) is 198 Å². The first-order valence-electron chi connectivity index (χ1n) is 31.8. The van der Waals surface area contributed by atoms with Gasteiger partial charge < -0.3 is 18.3 Å². The van der Waals surface area contributed by atoms with E-state index in [1.165, 1.54) is 168 Å². The van der Waals surface area contributed by atoms with Crippen LogP contribution < -0.4 is 0 Å². The van der Waals surface area contributed by atoms with Gasteiger partial charge in [-0.25, -0.2) is 0 Å². The zero-order valence-corrected chi connectivity index (χ0v) is 52.4. The monoisotopic (exact) mass is 1170 g/mol. The second-order valence-corrected chi connectivity index (χ2v) is 24.6. The molecule has 4 heterocycles. The molecular formula is C84H72N4S. The number of aryl methyl sites for hydroxylation is 1. The summed E-state index contributed by atoms with van der Waals surface area (Å²) in [6.07, 6.45) is 6.70. The standard InChI is InChI=1S/C74H48N4.C9H20.CH4S/c1-46-28-35-72-64(38-46)59-20-4-9-25-69(59)76(72)54-17-13-15-48(41-54)50-32-37-74-66(43-50)61-22-6-11-27-71(61)78(74)56-34-30-52-39-51-29-33-55(44-62(51)63(52)45-56)77-70-26-10-5-21-60(70)65-42-49(31-36-73(65)77)47-14-12-16-53(40-47)75-67-23-7-2-18-57(67)58-19-3-8-24-68(58)75;1-5-8(3)7-9(4)6-2;1-2/h2-38,40-45H,39H2,1H3;8-9H,5-7H2,1-4H3;2H,1H3. The van der Waals surface area contributed by atoms with Crippen LogP contribution in [0.15, 0.2) is 261 Å². The molecule has 0 radical (unpaired) electrons. The Morgan fingerprint density at radius 1 is 0.303 bits per heavy atom. The molecule has 4 nitrogen and oxygen atoms in total. The first kappa shape index (κ1) is 55.7. The van der Waals surface area contributed by atoms with Gasteiger partial charge in [-0.15, -0.1) is 0 Å². The molecule has 5 heteroatoms. The molecule has 0 spiro atoms. The second-order valence-electron chi connectivity index (χ2n) is 24.6. The Morgan fingerprint density at radius 3 is 1.00 bits per heavy atom. The predicted octanol–water partition coefficient (Wildman–Crippen LogP) is 23.3. The van der Waals surface area contributed by atoms with Gasteiger partial charge >= 0.3 is 0 Å². The molecule has 12 aromatic carbocycles. The third kappa shape index (κ3) is 9.53. The Morgan fingerprint density at radius 2 is 0.618 bits per heavy atom. The van der Waals surface area contributed by atoms with Gasteiger partial charge in [0.15, 0.2) is 0 Å². The average molecular weight is 1170 g/mol. The number of fused-ring (bicyclic) bond motifs is 15. The minimum atomic E-state index is 0.916. The van der Waals surface area contributed by atoms with Gasteiger partial charge in [0.2, 0.25) is 0 Å². The quantitative estimate of drug-likeness (QED) is 0.132. The van der Waals surface area contributed by atoms with E-state index < -0.39 is 0 Å². The van der Waals surface area contributed by atoms with E-state index in [-0.39, 0.29) is 0 Å². The molecule has 0 bridgehead atoms. The number of hydrogen-bond donors (Lipinski definition) is 1. The van der Waals surface area contributed by atoms with Crippen molar-refractivity contribution >= 4 is 99.9 Å². The number of aromatic nitrogens is 4. The fraction of sp³-hybridized carbons (Fsp3) is 0.143. The number of nitrogens with zero attached hydrogens (tertiary/aromatic N) is 4. The summed E-state index contributed by atoms with van der Waals surface area (Å²) in [5.41, 5.74) is 25.7. The minimum absolute atomic E-state index is 0.916. The number of para-hydroxylation sites is 5. The van der Waals surface area contributed by atoms with Crippen molar-refractivity contribution in [2.45, 2.75) is 60.3 Å². The molecule has 4 aromatic heterocycles. The molecule has 0 aliphatic heterocycles. The smallest absolute Gasteiger partial charge is 0.0541 e. The lowest BCUT2D eigenvalue weighted by atomic mass is 9.94. The zero-order chi connectivity index (χ0) is 60.4. The van der Waals surface area contributed by atoms with Crippen molar-refractivity contribution in [2.75, 3.05) is 6.26 Å². The van der Waals surface area contributed by atoms with Crippen LogP contribution in [0.2, 0.25) is 0 Å². The van der Waals surface area contributed by atoms with E-state index in [0.29, 0.717) is 0 Å². The Kier molecular flexibility index (Phi) is 14.4. The lowest BCUT2D eigenvalue weighted by Crippen LogP contribution is -2.00. The molecule has 1 aliphatic rings. The fourth-order valence-electron chi connectivity index (χ4n) is 14.5. The Balaban J connectivity index is 0.000000557. The highest BCUT2D eigenvalue weighted by Crippen LogP contribution is 2.44. The molecule has 0 saturated carbocycles. The van der Waals surface area contributed by atoms with Crippen molar-refractivity contribution in [3.63, 3.8) is 0 Å². The first-order chi connectivity index (χ1) is 43.8. The van der Waals surface area contributed by atoms with Gasteiger partial charge in [0.1, 0.15) is 0 Å². The summed E-state index contributed by atoms with van der Waals surface area (Å²) in [4.78, 5) is 0. The molecule has 16 aromatic rings. The summed E-state index contributed by atoms with van der Waals surface area (Å²) in [5, 5.41) is 10.1. The van der Waals surface area contributed by atoms with Crippen molar-refractivity contribution in [1.29, 1.82) is 0 Å². The fourth-order valence-corrected chi connectivity index (χ4v) is 14.5. The normalized spacial score (nSPS) is 12.7. The van der Waals surface area contributed by atoms with Crippen molar-refractivity contribution in [1.82, 2.24) is 18.3 Å². The van der Waals surface area contributed by atoms with Gasteiger partial charge in [-0.1, -0.05) is 192 Å². The van der Waals surface area contributed by atoms with Crippen LogP contribution in [-0.4, -0.2) is 24.5 Å². The number of thiol groups is 1. The predicted molar refractivity (Wildman–Crippen MR) is 386 cm³/mol. The molecule has 2 atom stereocenters. The highest BCUT2D eigenvalue weighted by atomic mass is 32.1. The first-order valence-corrected chi connectivity index (χ1v) is 32.7. The maximum absolute atomic E-state index is 3.53.